The third-order valence-corrected chi connectivity index (χ3v) is 3.89. The fourth-order valence-electron chi connectivity index (χ4n) is 0.516. The molecular formula is C6H3BrFIS. The molecule has 0 amide bonds. The molecule has 0 aliphatic carbocycles. The first-order valence-electron chi connectivity index (χ1n) is 2.45. The molecule has 0 spiro atoms. The van der Waals surface area contributed by atoms with Crippen molar-refractivity contribution in [3.63, 3.8) is 0 Å². The lowest BCUT2D eigenvalue weighted by Crippen LogP contribution is -1.81. The number of benzene rings is 1. The second-order valence-electron chi connectivity index (χ2n) is 1.69. The summed E-state index contributed by atoms with van der Waals surface area (Å²) in [6.07, 6.45) is 0. The van der Waals surface area contributed by atoms with Crippen molar-refractivity contribution in [1.29, 1.82) is 0 Å². The summed E-state index contributed by atoms with van der Waals surface area (Å²) in [5.74, 6) is -0.273. The van der Waals surface area contributed by atoms with E-state index in [2.05, 4.69) is 51.1 Å². The van der Waals surface area contributed by atoms with Gasteiger partial charge in [-0.2, -0.15) is 0 Å². The molecule has 0 saturated heterocycles. The molecule has 54 valence electrons. The third kappa shape index (κ3) is 1.65. The molecule has 0 saturated carbocycles. The monoisotopic (exact) mass is 332 g/mol. The Kier molecular flexibility index (Phi) is 3.00. The Morgan fingerprint density at radius 1 is 1.50 bits per heavy atom. The van der Waals surface area contributed by atoms with Crippen LogP contribution in [0.15, 0.2) is 21.5 Å². The zero-order chi connectivity index (χ0) is 7.72. The molecule has 0 bridgehead atoms. The number of rotatable bonds is 0. The molecule has 0 heterocycles. The third-order valence-electron chi connectivity index (χ3n) is 1.02. The van der Waals surface area contributed by atoms with Crippen LogP contribution < -0.4 is 0 Å². The summed E-state index contributed by atoms with van der Waals surface area (Å²) < 4.78 is 14.0. The van der Waals surface area contributed by atoms with Crippen LogP contribution in [-0.2, 0) is 0 Å². The van der Waals surface area contributed by atoms with Gasteiger partial charge in [0.25, 0.3) is 0 Å². The second kappa shape index (κ2) is 3.40. The largest absolute Gasteiger partial charge is 0.206 e. The standard InChI is InChI=1S/C6H3BrFIS/c7-5-3(8)1-2-4(9)6(5)10/h1-2,10H. The van der Waals surface area contributed by atoms with Gasteiger partial charge in [0, 0.05) is 8.47 Å². The van der Waals surface area contributed by atoms with E-state index in [9.17, 15) is 4.39 Å². The summed E-state index contributed by atoms with van der Waals surface area (Å²) in [6, 6.07) is 3.09. The van der Waals surface area contributed by atoms with E-state index in [-0.39, 0.29) is 5.82 Å². The Balaban J connectivity index is 3.34. The van der Waals surface area contributed by atoms with Crippen LogP contribution in [0, 0.1) is 9.39 Å². The molecule has 0 atom stereocenters. The van der Waals surface area contributed by atoms with Crippen molar-refractivity contribution in [2.45, 2.75) is 4.90 Å². The smallest absolute Gasteiger partial charge is 0.138 e. The number of hydrogen-bond donors (Lipinski definition) is 1. The lowest BCUT2D eigenvalue weighted by atomic mass is 10.3. The molecule has 1 rings (SSSR count). The first-order valence-corrected chi connectivity index (χ1v) is 4.77. The van der Waals surface area contributed by atoms with Crippen molar-refractivity contribution in [2.24, 2.45) is 0 Å². The van der Waals surface area contributed by atoms with Crippen molar-refractivity contribution < 1.29 is 4.39 Å². The van der Waals surface area contributed by atoms with Gasteiger partial charge in [0.15, 0.2) is 0 Å². The van der Waals surface area contributed by atoms with Crippen LogP contribution in [-0.4, -0.2) is 0 Å². The van der Waals surface area contributed by atoms with Crippen molar-refractivity contribution in [3.8, 4) is 0 Å². The molecule has 0 aliphatic rings. The first-order chi connectivity index (χ1) is 4.63. The van der Waals surface area contributed by atoms with Gasteiger partial charge in [-0.05, 0) is 50.7 Å². The molecule has 1 aromatic carbocycles. The molecule has 0 nitrogen and oxygen atoms in total. The van der Waals surface area contributed by atoms with Gasteiger partial charge in [0.1, 0.15) is 5.82 Å². The SMILES string of the molecule is Fc1ccc(I)c(S)c1Br. The Labute approximate surface area is 85.9 Å². The van der Waals surface area contributed by atoms with E-state index in [0.717, 1.165) is 3.57 Å². The Hall–Kier alpha value is 0.710. The minimum absolute atomic E-state index is 0.273. The molecule has 0 radical (unpaired) electrons. The van der Waals surface area contributed by atoms with Crippen molar-refractivity contribution in [3.05, 3.63) is 26.0 Å². The highest BCUT2D eigenvalue weighted by Gasteiger charge is 2.04. The van der Waals surface area contributed by atoms with E-state index in [4.69, 9.17) is 0 Å². The summed E-state index contributed by atoms with van der Waals surface area (Å²) in [6.45, 7) is 0. The van der Waals surface area contributed by atoms with Gasteiger partial charge in [0.05, 0.1) is 4.47 Å². The Bertz CT molecular complexity index is 237. The fourth-order valence-corrected chi connectivity index (χ4v) is 1.86. The van der Waals surface area contributed by atoms with E-state index in [1.165, 1.54) is 6.07 Å². The van der Waals surface area contributed by atoms with E-state index in [1.54, 1.807) is 6.07 Å². The summed E-state index contributed by atoms with van der Waals surface area (Å²) in [5, 5.41) is 0. The molecule has 0 aromatic heterocycles. The van der Waals surface area contributed by atoms with Crippen molar-refractivity contribution in [2.75, 3.05) is 0 Å². The maximum Gasteiger partial charge on any atom is 0.138 e. The molecular weight excluding hydrogens is 330 g/mol. The van der Waals surface area contributed by atoms with Crippen LogP contribution in [0.25, 0.3) is 0 Å². The van der Waals surface area contributed by atoms with Gasteiger partial charge >= 0.3 is 0 Å². The summed E-state index contributed by atoms with van der Waals surface area (Å²) >= 11 is 9.25. The van der Waals surface area contributed by atoms with E-state index in [0.29, 0.717) is 9.37 Å². The number of thiol groups is 1. The summed E-state index contributed by atoms with van der Waals surface area (Å²) in [7, 11) is 0. The quantitative estimate of drug-likeness (QED) is 0.420. The topological polar surface area (TPSA) is 0 Å². The van der Waals surface area contributed by atoms with Gasteiger partial charge in [-0.15, -0.1) is 12.6 Å². The Morgan fingerprint density at radius 3 is 2.60 bits per heavy atom. The fraction of sp³-hybridized carbons (Fsp3) is 0. The summed E-state index contributed by atoms with van der Waals surface area (Å²) in [4.78, 5) is 0.653. The number of halogens is 3. The molecule has 1 aromatic rings. The Morgan fingerprint density at radius 2 is 2.10 bits per heavy atom. The normalized spacial score (nSPS) is 10.0. The molecule has 4 heteroatoms. The van der Waals surface area contributed by atoms with Crippen molar-refractivity contribution >= 4 is 51.1 Å². The highest BCUT2D eigenvalue weighted by atomic mass is 127. The van der Waals surface area contributed by atoms with Crippen LogP contribution in [0.3, 0.4) is 0 Å². The van der Waals surface area contributed by atoms with Gasteiger partial charge in [-0.1, -0.05) is 0 Å². The molecule has 0 aliphatic heterocycles. The first kappa shape index (κ1) is 8.80. The minimum Gasteiger partial charge on any atom is -0.206 e. The highest BCUT2D eigenvalue weighted by Crippen LogP contribution is 2.27. The second-order valence-corrected chi connectivity index (χ2v) is 4.09. The van der Waals surface area contributed by atoms with E-state index >= 15 is 0 Å². The highest BCUT2D eigenvalue weighted by molar-refractivity contribution is 14.1. The average Bonchev–Trinajstić information content (AvgIpc) is 1.93. The van der Waals surface area contributed by atoms with Gasteiger partial charge in [-0.3, -0.25) is 0 Å². The molecule has 0 unspecified atom stereocenters. The van der Waals surface area contributed by atoms with Crippen LogP contribution in [0.2, 0.25) is 0 Å². The maximum absolute atomic E-state index is 12.7. The van der Waals surface area contributed by atoms with Crippen molar-refractivity contribution in [1.82, 2.24) is 0 Å². The molecule has 0 N–H and O–H groups in total. The van der Waals surface area contributed by atoms with E-state index < -0.39 is 0 Å². The predicted molar refractivity (Wildman–Crippen MR) is 54.1 cm³/mol. The van der Waals surface area contributed by atoms with Gasteiger partial charge in [0.2, 0.25) is 0 Å². The maximum atomic E-state index is 12.7. The summed E-state index contributed by atoms with van der Waals surface area (Å²) in [5.41, 5.74) is 0. The van der Waals surface area contributed by atoms with Gasteiger partial charge < -0.3 is 0 Å². The lowest BCUT2D eigenvalue weighted by molar-refractivity contribution is 0.616. The van der Waals surface area contributed by atoms with Crippen LogP contribution in [0.5, 0.6) is 0 Å². The van der Waals surface area contributed by atoms with Crippen LogP contribution in [0.4, 0.5) is 4.39 Å². The van der Waals surface area contributed by atoms with Crippen LogP contribution in [0.1, 0.15) is 0 Å². The lowest BCUT2D eigenvalue weighted by Gasteiger charge is -1.99. The number of hydrogen-bond acceptors (Lipinski definition) is 1. The molecule has 0 fully saturated rings. The average molecular weight is 333 g/mol. The predicted octanol–water partition coefficient (Wildman–Crippen LogP) is 3.48. The zero-order valence-corrected chi connectivity index (χ0v) is 9.37. The van der Waals surface area contributed by atoms with Gasteiger partial charge in [-0.25, -0.2) is 4.39 Å². The van der Waals surface area contributed by atoms with Crippen LogP contribution >= 0.6 is 51.1 Å². The van der Waals surface area contributed by atoms with E-state index in [1.807, 2.05) is 0 Å². The molecule has 10 heavy (non-hydrogen) atoms. The minimum atomic E-state index is -0.273. The zero-order valence-electron chi connectivity index (χ0n) is 4.74.